The standard InChI is InChI=1S/C21H26N2O2S/c1-14-6-11-18(22-15(2)24)19(12-14)23-20(25)13-26-17-9-7-16(8-10-17)21(3,4)5/h6-12H,13H2,1-5H3,(H,22,24)(H,23,25). The Balaban J connectivity index is 1.99. The number of anilines is 2. The first-order chi connectivity index (χ1) is 12.1. The molecule has 0 radical (unpaired) electrons. The molecule has 0 fully saturated rings. The summed E-state index contributed by atoms with van der Waals surface area (Å²) < 4.78 is 0. The van der Waals surface area contributed by atoms with E-state index in [1.807, 2.05) is 31.2 Å². The van der Waals surface area contributed by atoms with E-state index in [2.05, 4.69) is 43.5 Å². The normalized spacial score (nSPS) is 11.1. The Morgan fingerprint density at radius 1 is 0.962 bits per heavy atom. The van der Waals surface area contributed by atoms with E-state index >= 15 is 0 Å². The minimum Gasteiger partial charge on any atom is -0.325 e. The predicted molar refractivity (Wildman–Crippen MR) is 110 cm³/mol. The first-order valence-electron chi connectivity index (χ1n) is 8.56. The highest BCUT2D eigenvalue weighted by molar-refractivity contribution is 8.00. The maximum Gasteiger partial charge on any atom is 0.234 e. The van der Waals surface area contributed by atoms with Gasteiger partial charge in [0.25, 0.3) is 0 Å². The van der Waals surface area contributed by atoms with Crippen molar-refractivity contribution in [2.24, 2.45) is 0 Å². The molecule has 2 rings (SSSR count). The number of rotatable bonds is 5. The van der Waals surface area contributed by atoms with Crippen LogP contribution in [-0.2, 0) is 15.0 Å². The van der Waals surface area contributed by atoms with E-state index in [0.29, 0.717) is 17.1 Å². The number of nitrogens with one attached hydrogen (secondary N) is 2. The van der Waals surface area contributed by atoms with E-state index < -0.39 is 0 Å². The van der Waals surface area contributed by atoms with Crippen LogP contribution in [0.3, 0.4) is 0 Å². The number of aryl methyl sites for hydroxylation is 1. The van der Waals surface area contributed by atoms with E-state index in [9.17, 15) is 9.59 Å². The Bertz CT molecular complexity index is 793. The number of hydrogen-bond donors (Lipinski definition) is 2. The third kappa shape index (κ3) is 5.92. The first kappa shape index (κ1) is 20.0. The highest BCUT2D eigenvalue weighted by Gasteiger charge is 2.13. The molecule has 138 valence electrons. The summed E-state index contributed by atoms with van der Waals surface area (Å²) in [6.45, 7) is 9.92. The summed E-state index contributed by atoms with van der Waals surface area (Å²) in [7, 11) is 0. The van der Waals surface area contributed by atoms with Gasteiger partial charge in [-0.05, 0) is 47.7 Å². The SMILES string of the molecule is CC(=O)Nc1ccc(C)cc1NC(=O)CSc1ccc(C(C)(C)C)cc1. The Labute approximate surface area is 159 Å². The van der Waals surface area contributed by atoms with Crippen molar-refractivity contribution >= 4 is 35.0 Å². The highest BCUT2D eigenvalue weighted by atomic mass is 32.2. The van der Waals surface area contributed by atoms with Gasteiger partial charge in [0, 0.05) is 11.8 Å². The minimum atomic E-state index is -0.169. The number of carbonyl (C=O) groups excluding carboxylic acids is 2. The van der Waals surface area contributed by atoms with Gasteiger partial charge in [-0.2, -0.15) is 0 Å². The van der Waals surface area contributed by atoms with E-state index in [-0.39, 0.29) is 17.2 Å². The molecule has 2 aromatic carbocycles. The van der Waals surface area contributed by atoms with Crippen molar-refractivity contribution < 1.29 is 9.59 Å². The number of hydrogen-bond acceptors (Lipinski definition) is 3. The topological polar surface area (TPSA) is 58.2 Å². The van der Waals surface area contributed by atoms with Crippen molar-refractivity contribution in [2.45, 2.75) is 44.9 Å². The second-order valence-corrected chi connectivity index (χ2v) is 8.39. The Kier molecular flexibility index (Phi) is 6.48. The lowest BCUT2D eigenvalue weighted by atomic mass is 9.87. The van der Waals surface area contributed by atoms with Gasteiger partial charge in [0.2, 0.25) is 11.8 Å². The van der Waals surface area contributed by atoms with Crippen molar-refractivity contribution in [2.75, 3.05) is 16.4 Å². The molecular formula is C21H26N2O2S. The second kappa shape index (κ2) is 8.41. The average Bonchev–Trinajstić information content (AvgIpc) is 2.55. The first-order valence-corrected chi connectivity index (χ1v) is 9.55. The fourth-order valence-corrected chi connectivity index (χ4v) is 3.14. The molecule has 0 aliphatic rings. The maximum absolute atomic E-state index is 12.3. The molecule has 2 N–H and O–H groups in total. The molecule has 0 aliphatic heterocycles. The van der Waals surface area contributed by atoms with Crippen LogP contribution < -0.4 is 10.6 Å². The van der Waals surface area contributed by atoms with Gasteiger partial charge in [-0.15, -0.1) is 11.8 Å². The predicted octanol–water partition coefficient (Wildman–Crippen LogP) is 4.98. The summed E-state index contributed by atoms with van der Waals surface area (Å²) in [5.74, 6) is 0.0345. The molecule has 0 bridgehead atoms. The van der Waals surface area contributed by atoms with Crippen molar-refractivity contribution in [1.29, 1.82) is 0 Å². The minimum absolute atomic E-state index is 0.105. The smallest absolute Gasteiger partial charge is 0.234 e. The summed E-state index contributed by atoms with van der Waals surface area (Å²) in [5.41, 5.74) is 3.63. The van der Waals surface area contributed by atoms with E-state index in [0.717, 1.165) is 10.5 Å². The molecule has 5 heteroatoms. The quantitative estimate of drug-likeness (QED) is 0.730. The van der Waals surface area contributed by atoms with Gasteiger partial charge in [0.1, 0.15) is 0 Å². The summed E-state index contributed by atoms with van der Waals surface area (Å²) >= 11 is 1.49. The van der Waals surface area contributed by atoms with Crippen molar-refractivity contribution in [3.8, 4) is 0 Å². The molecule has 0 atom stereocenters. The van der Waals surface area contributed by atoms with Crippen molar-refractivity contribution in [3.05, 3.63) is 53.6 Å². The van der Waals surface area contributed by atoms with Crippen LogP contribution >= 0.6 is 11.8 Å². The van der Waals surface area contributed by atoms with Crippen molar-refractivity contribution in [1.82, 2.24) is 0 Å². The summed E-state index contributed by atoms with van der Waals surface area (Å²) in [5, 5.41) is 5.63. The van der Waals surface area contributed by atoms with Crippen LogP contribution in [-0.4, -0.2) is 17.6 Å². The zero-order chi connectivity index (χ0) is 19.3. The average molecular weight is 371 g/mol. The molecule has 4 nitrogen and oxygen atoms in total. The zero-order valence-electron chi connectivity index (χ0n) is 16.0. The molecule has 0 unspecified atom stereocenters. The number of carbonyl (C=O) groups is 2. The molecule has 2 amide bonds. The molecule has 2 aromatic rings. The van der Waals surface area contributed by atoms with Crippen LogP contribution in [0.1, 0.15) is 38.8 Å². The van der Waals surface area contributed by atoms with E-state index in [1.165, 1.54) is 24.2 Å². The molecule has 0 aliphatic carbocycles. The number of benzene rings is 2. The van der Waals surface area contributed by atoms with Crippen LogP contribution in [0.15, 0.2) is 47.4 Å². The molecule has 26 heavy (non-hydrogen) atoms. The lowest BCUT2D eigenvalue weighted by Crippen LogP contribution is -2.17. The van der Waals surface area contributed by atoms with Gasteiger partial charge in [0.15, 0.2) is 0 Å². The summed E-state index contributed by atoms with van der Waals surface area (Å²) in [6.07, 6.45) is 0. The van der Waals surface area contributed by atoms with Crippen LogP contribution in [0.25, 0.3) is 0 Å². The van der Waals surface area contributed by atoms with Gasteiger partial charge in [0.05, 0.1) is 17.1 Å². The second-order valence-electron chi connectivity index (χ2n) is 7.34. The van der Waals surface area contributed by atoms with E-state index in [4.69, 9.17) is 0 Å². The van der Waals surface area contributed by atoms with Crippen LogP contribution in [0.2, 0.25) is 0 Å². The molecular weight excluding hydrogens is 344 g/mol. The third-order valence-corrected chi connectivity index (χ3v) is 4.86. The lowest BCUT2D eigenvalue weighted by molar-refractivity contribution is -0.115. The largest absolute Gasteiger partial charge is 0.325 e. The number of thioether (sulfide) groups is 1. The summed E-state index contributed by atoms with van der Waals surface area (Å²) in [6, 6.07) is 13.9. The van der Waals surface area contributed by atoms with Crippen LogP contribution in [0.5, 0.6) is 0 Å². The van der Waals surface area contributed by atoms with Crippen molar-refractivity contribution in [3.63, 3.8) is 0 Å². The zero-order valence-corrected chi connectivity index (χ0v) is 16.8. The number of amides is 2. The molecule has 0 heterocycles. The Morgan fingerprint density at radius 3 is 2.19 bits per heavy atom. The van der Waals surface area contributed by atoms with Crippen LogP contribution in [0.4, 0.5) is 11.4 Å². The molecule has 0 aromatic heterocycles. The lowest BCUT2D eigenvalue weighted by Gasteiger charge is -2.19. The fourth-order valence-electron chi connectivity index (χ4n) is 2.45. The summed E-state index contributed by atoms with van der Waals surface area (Å²) in [4.78, 5) is 24.7. The van der Waals surface area contributed by atoms with Crippen LogP contribution in [0, 0.1) is 6.92 Å². The fraction of sp³-hybridized carbons (Fsp3) is 0.333. The van der Waals surface area contributed by atoms with Gasteiger partial charge >= 0.3 is 0 Å². The maximum atomic E-state index is 12.3. The van der Waals surface area contributed by atoms with Gasteiger partial charge in [-0.3, -0.25) is 9.59 Å². The monoisotopic (exact) mass is 370 g/mol. The van der Waals surface area contributed by atoms with E-state index in [1.54, 1.807) is 6.07 Å². The molecule has 0 spiro atoms. The molecule has 0 saturated carbocycles. The Hall–Kier alpha value is -2.27. The van der Waals surface area contributed by atoms with Gasteiger partial charge < -0.3 is 10.6 Å². The van der Waals surface area contributed by atoms with Gasteiger partial charge in [-0.25, -0.2) is 0 Å². The third-order valence-electron chi connectivity index (χ3n) is 3.85. The highest BCUT2D eigenvalue weighted by Crippen LogP contribution is 2.27. The van der Waals surface area contributed by atoms with Gasteiger partial charge in [-0.1, -0.05) is 39.0 Å². The Morgan fingerprint density at radius 2 is 1.62 bits per heavy atom. The molecule has 0 saturated heterocycles.